The minimum absolute atomic E-state index is 0.285. The number of carbonyl (C=O) groups excluding carboxylic acids is 3. The van der Waals surface area contributed by atoms with Crippen molar-refractivity contribution in [1.29, 1.82) is 0 Å². The van der Waals surface area contributed by atoms with Gasteiger partial charge >= 0.3 is 6.03 Å². The van der Waals surface area contributed by atoms with E-state index in [0.717, 1.165) is 57.8 Å². The van der Waals surface area contributed by atoms with Gasteiger partial charge in [0.2, 0.25) is 5.91 Å². The SMILES string of the molecule is CCc1cccc(CC)c1NC(=O)CN1C(=O)NC2(CCCc3sccc32)C1=O. The van der Waals surface area contributed by atoms with Crippen molar-refractivity contribution >= 4 is 34.9 Å². The zero-order chi connectivity index (χ0) is 20.6. The van der Waals surface area contributed by atoms with Crippen LogP contribution in [0.25, 0.3) is 0 Å². The molecule has 2 aliphatic rings. The van der Waals surface area contributed by atoms with Crippen molar-refractivity contribution in [3.63, 3.8) is 0 Å². The van der Waals surface area contributed by atoms with Crippen LogP contribution < -0.4 is 10.6 Å². The summed E-state index contributed by atoms with van der Waals surface area (Å²) in [6.45, 7) is 3.79. The normalized spacial score (nSPS) is 20.7. The summed E-state index contributed by atoms with van der Waals surface area (Å²) in [5, 5.41) is 7.79. The van der Waals surface area contributed by atoms with E-state index in [-0.39, 0.29) is 18.4 Å². The molecule has 4 amide bonds. The maximum Gasteiger partial charge on any atom is 0.325 e. The van der Waals surface area contributed by atoms with Crippen molar-refractivity contribution in [2.75, 3.05) is 11.9 Å². The summed E-state index contributed by atoms with van der Waals surface area (Å²) in [5.74, 6) is -0.681. The van der Waals surface area contributed by atoms with E-state index >= 15 is 0 Å². The lowest BCUT2D eigenvalue weighted by atomic mass is 9.80. The number of benzene rings is 1. The molecule has 1 unspecified atom stereocenters. The number of urea groups is 1. The first-order valence-electron chi connectivity index (χ1n) is 10.1. The number of amides is 4. The smallest absolute Gasteiger partial charge is 0.324 e. The van der Waals surface area contributed by atoms with Crippen LogP contribution in [0.2, 0.25) is 0 Å². The third-order valence-electron chi connectivity index (χ3n) is 5.90. The Bertz CT molecular complexity index is 961. The molecule has 0 radical (unpaired) electrons. The van der Waals surface area contributed by atoms with Crippen LogP contribution in [0.5, 0.6) is 0 Å². The van der Waals surface area contributed by atoms with Crippen molar-refractivity contribution in [2.24, 2.45) is 0 Å². The highest BCUT2D eigenvalue weighted by atomic mass is 32.1. The lowest BCUT2D eigenvalue weighted by molar-refractivity contribution is -0.134. The highest BCUT2D eigenvalue weighted by Crippen LogP contribution is 2.42. The first-order chi connectivity index (χ1) is 14.0. The molecule has 1 aliphatic heterocycles. The average molecular weight is 412 g/mol. The monoisotopic (exact) mass is 411 g/mol. The number of aryl methyl sites for hydroxylation is 3. The topological polar surface area (TPSA) is 78.5 Å². The molecule has 4 rings (SSSR count). The Kier molecular flexibility index (Phi) is 5.17. The Morgan fingerprint density at radius 1 is 1.21 bits per heavy atom. The number of thiophene rings is 1. The van der Waals surface area contributed by atoms with Gasteiger partial charge in [0.1, 0.15) is 12.1 Å². The zero-order valence-electron chi connectivity index (χ0n) is 16.7. The second-order valence-electron chi connectivity index (χ2n) is 7.54. The lowest BCUT2D eigenvalue weighted by Gasteiger charge is -2.31. The summed E-state index contributed by atoms with van der Waals surface area (Å²) >= 11 is 1.61. The van der Waals surface area contributed by atoms with Crippen LogP contribution in [0.1, 0.15) is 48.3 Å². The molecular weight excluding hydrogens is 386 g/mol. The van der Waals surface area contributed by atoms with E-state index < -0.39 is 11.6 Å². The number of rotatable bonds is 5. The summed E-state index contributed by atoms with van der Waals surface area (Å²) in [6.07, 6.45) is 3.90. The van der Waals surface area contributed by atoms with Crippen molar-refractivity contribution in [3.05, 3.63) is 51.2 Å². The molecule has 1 fully saturated rings. The Balaban J connectivity index is 1.55. The van der Waals surface area contributed by atoms with Gasteiger partial charge in [-0.2, -0.15) is 0 Å². The van der Waals surface area contributed by atoms with Crippen molar-refractivity contribution < 1.29 is 14.4 Å². The molecule has 1 saturated heterocycles. The van der Waals surface area contributed by atoms with Gasteiger partial charge in [0.25, 0.3) is 5.91 Å². The zero-order valence-corrected chi connectivity index (χ0v) is 17.5. The van der Waals surface area contributed by atoms with Gasteiger partial charge in [-0.3, -0.25) is 14.5 Å². The largest absolute Gasteiger partial charge is 0.325 e. The lowest BCUT2D eigenvalue weighted by Crippen LogP contribution is -2.46. The maximum atomic E-state index is 13.3. The molecule has 2 N–H and O–H groups in total. The van der Waals surface area contributed by atoms with Crippen LogP contribution in [0.3, 0.4) is 0 Å². The van der Waals surface area contributed by atoms with Crippen LogP contribution >= 0.6 is 11.3 Å². The second-order valence-corrected chi connectivity index (χ2v) is 8.54. The van der Waals surface area contributed by atoms with E-state index in [1.165, 1.54) is 0 Å². The van der Waals surface area contributed by atoms with E-state index in [1.54, 1.807) is 11.3 Å². The van der Waals surface area contributed by atoms with Crippen LogP contribution in [-0.2, 0) is 34.4 Å². The third kappa shape index (κ3) is 3.23. The fraction of sp³-hybridized carbons (Fsp3) is 0.409. The number of fused-ring (bicyclic) bond motifs is 2. The molecule has 1 aromatic carbocycles. The van der Waals surface area contributed by atoms with Crippen LogP contribution in [-0.4, -0.2) is 29.3 Å². The van der Waals surface area contributed by atoms with Gasteiger partial charge in [-0.05, 0) is 54.7 Å². The summed E-state index contributed by atoms with van der Waals surface area (Å²) in [5.41, 5.74) is 2.76. The molecule has 2 aromatic rings. The number of para-hydroxylation sites is 1. The average Bonchev–Trinajstić information content (AvgIpc) is 3.29. The van der Waals surface area contributed by atoms with Gasteiger partial charge in [0.05, 0.1) is 0 Å². The van der Waals surface area contributed by atoms with Crippen LogP contribution in [0.15, 0.2) is 29.6 Å². The fourth-order valence-electron chi connectivity index (χ4n) is 4.41. The number of anilines is 1. The Morgan fingerprint density at radius 3 is 2.62 bits per heavy atom. The third-order valence-corrected chi connectivity index (χ3v) is 6.88. The van der Waals surface area contributed by atoms with E-state index in [2.05, 4.69) is 10.6 Å². The van der Waals surface area contributed by atoms with Gasteiger partial charge in [-0.25, -0.2) is 4.79 Å². The highest BCUT2D eigenvalue weighted by Gasteiger charge is 2.54. The second kappa shape index (κ2) is 7.63. The highest BCUT2D eigenvalue weighted by molar-refractivity contribution is 7.10. The van der Waals surface area contributed by atoms with Crippen molar-refractivity contribution in [1.82, 2.24) is 10.2 Å². The van der Waals surface area contributed by atoms with Gasteiger partial charge in [-0.1, -0.05) is 32.0 Å². The number of hydrogen-bond donors (Lipinski definition) is 2. The molecule has 1 spiro atoms. The fourth-order valence-corrected chi connectivity index (χ4v) is 5.41. The molecule has 1 atom stereocenters. The summed E-state index contributed by atoms with van der Waals surface area (Å²) < 4.78 is 0. The van der Waals surface area contributed by atoms with Crippen LogP contribution in [0, 0.1) is 0 Å². The number of carbonyl (C=O) groups is 3. The number of nitrogens with zero attached hydrogens (tertiary/aromatic N) is 1. The molecular formula is C22H25N3O3S. The molecule has 1 aromatic heterocycles. The van der Waals surface area contributed by atoms with Crippen molar-refractivity contribution in [2.45, 2.75) is 51.5 Å². The van der Waals surface area contributed by atoms with E-state index in [4.69, 9.17) is 0 Å². The molecule has 7 heteroatoms. The molecule has 152 valence electrons. The Morgan fingerprint density at radius 2 is 1.93 bits per heavy atom. The Labute approximate surface area is 174 Å². The number of imide groups is 1. The van der Waals surface area contributed by atoms with Gasteiger partial charge in [0, 0.05) is 16.1 Å². The first-order valence-corrected chi connectivity index (χ1v) is 11.0. The van der Waals surface area contributed by atoms with Gasteiger partial charge in [-0.15, -0.1) is 11.3 Å². The predicted molar refractivity (Wildman–Crippen MR) is 113 cm³/mol. The quantitative estimate of drug-likeness (QED) is 0.738. The summed E-state index contributed by atoms with van der Waals surface area (Å²) in [4.78, 5) is 40.9. The van der Waals surface area contributed by atoms with Crippen molar-refractivity contribution in [3.8, 4) is 0 Å². The van der Waals surface area contributed by atoms with Crippen LogP contribution in [0.4, 0.5) is 10.5 Å². The Hall–Kier alpha value is -2.67. The molecule has 6 nitrogen and oxygen atoms in total. The van der Waals surface area contributed by atoms with E-state index in [9.17, 15) is 14.4 Å². The molecule has 0 bridgehead atoms. The number of nitrogens with one attached hydrogen (secondary N) is 2. The van der Waals surface area contributed by atoms with Gasteiger partial charge in [0.15, 0.2) is 0 Å². The standard InChI is InChI=1S/C22H25N3O3S/c1-3-14-7-5-8-15(4-2)19(14)23-18(26)13-25-20(27)22(24-21(25)28)11-6-9-17-16(22)10-12-29-17/h5,7-8,10,12H,3-4,6,9,11,13H2,1-2H3,(H,23,26)(H,24,28). The van der Waals surface area contributed by atoms with Gasteiger partial charge < -0.3 is 10.6 Å². The minimum atomic E-state index is -1.01. The molecule has 29 heavy (non-hydrogen) atoms. The molecule has 2 heterocycles. The summed E-state index contributed by atoms with van der Waals surface area (Å²) in [7, 11) is 0. The first kappa shape index (κ1) is 19.6. The summed E-state index contributed by atoms with van der Waals surface area (Å²) in [6, 6.07) is 7.38. The van der Waals surface area contributed by atoms with E-state index in [0.29, 0.717) is 6.42 Å². The van der Waals surface area contributed by atoms with E-state index in [1.807, 2.05) is 43.5 Å². The predicted octanol–water partition coefficient (Wildman–Crippen LogP) is 3.60. The molecule has 1 aliphatic carbocycles. The minimum Gasteiger partial charge on any atom is -0.324 e. The molecule has 0 saturated carbocycles. The number of hydrogen-bond acceptors (Lipinski definition) is 4. The maximum absolute atomic E-state index is 13.3.